The van der Waals surface area contributed by atoms with Gasteiger partial charge in [-0.05, 0) is 60.4 Å². The van der Waals surface area contributed by atoms with Gasteiger partial charge in [-0.25, -0.2) is 0 Å². The van der Waals surface area contributed by atoms with Gasteiger partial charge in [-0.15, -0.1) is 10.2 Å². The van der Waals surface area contributed by atoms with Gasteiger partial charge in [-0.1, -0.05) is 32.9 Å². The second-order valence-electron chi connectivity index (χ2n) is 8.48. The van der Waals surface area contributed by atoms with E-state index in [9.17, 15) is 4.79 Å². The second-order valence-corrected chi connectivity index (χ2v) is 8.48. The Bertz CT molecular complexity index is 1010. The number of benzene rings is 2. The lowest BCUT2D eigenvalue weighted by Crippen LogP contribution is -2.32. The quantitative estimate of drug-likeness (QED) is 0.462. The first-order valence-corrected chi connectivity index (χ1v) is 11.0. The fraction of sp³-hybridized carbons (Fsp3) is 0.346. The summed E-state index contributed by atoms with van der Waals surface area (Å²) in [6, 6.07) is 19.1. The monoisotopic (exact) mass is 449 g/mol. The Morgan fingerprint density at radius 3 is 2.12 bits per heavy atom. The molecule has 0 unspecified atom stereocenters. The highest BCUT2D eigenvalue weighted by atomic mass is 16.5. The van der Waals surface area contributed by atoms with E-state index in [-0.39, 0.29) is 24.5 Å². The van der Waals surface area contributed by atoms with Gasteiger partial charge in [0.05, 0.1) is 18.8 Å². The van der Waals surface area contributed by atoms with Gasteiger partial charge in [-0.3, -0.25) is 4.79 Å². The van der Waals surface area contributed by atoms with E-state index in [2.05, 4.69) is 36.3 Å². The molecule has 0 aliphatic rings. The van der Waals surface area contributed by atoms with Gasteiger partial charge in [0.15, 0.2) is 6.61 Å². The summed E-state index contributed by atoms with van der Waals surface area (Å²) in [5.41, 5.74) is 2.98. The maximum atomic E-state index is 12.0. The Balaban J connectivity index is 1.36. The fourth-order valence-electron chi connectivity index (χ4n) is 3.04. The number of rotatable bonds is 10. The van der Waals surface area contributed by atoms with Gasteiger partial charge >= 0.3 is 0 Å². The highest BCUT2D eigenvalue weighted by Gasteiger charge is 2.13. The predicted octanol–water partition coefficient (Wildman–Crippen LogP) is 4.41. The number of carbonyl (C=O) groups excluding carboxylic acids is 1. The molecular weight excluding hydrogens is 418 g/mol. The minimum Gasteiger partial charge on any atom is -0.494 e. The fourth-order valence-corrected chi connectivity index (χ4v) is 3.04. The third-order valence-electron chi connectivity index (χ3n) is 4.87. The van der Waals surface area contributed by atoms with E-state index in [0.717, 1.165) is 17.0 Å². The number of hydrogen-bond donors (Lipinski definition) is 1. The zero-order valence-corrected chi connectivity index (χ0v) is 19.6. The van der Waals surface area contributed by atoms with Crippen molar-refractivity contribution in [2.45, 2.75) is 33.1 Å². The van der Waals surface area contributed by atoms with Gasteiger partial charge in [-0.2, -0.15) is 0 Å². The van der Waals surface area contributed by atoms with E-state index in [1.807, 2.05) is 61.5 Å². The van der Waals surface area contributed by atoms with Crippen LogP contribution in [-0.4, -0.2) is 42.5 Å². The minimum absolute atomic E-state index is 0.0501. The first kappa shape index (κ1) is 24.0. The molecule has 0 atom stereocenters. The summed E-state index contributed by atoms with van der Waals surface area (Å²) >= 11 is 0. The Kier molecular flexibility index (Phi) is 8.24. The molecule has 1 N–H and O–H groups in total. The van der Waals surface area contributed by atoms with Crippen molar-refractivity contribution >= 4 is 5.91 Å². The van der Waals surface area contributed by atoms with Crippen molar-refractivity contribution in [3.8, 4) is 28.6 Å². The van der Waals surface area contributed by atoms with Crippen LogP contribution in [0.3, 0.4) is 0 Å². The lowest BCUT2D eigenvalue weighted by atomic mass is 9.87. The van der Waals surface area contributed by atoms with E-state index in [4.69, 9.17) is 14.2 Å². The molecule has 1 heterocycles. The molecule has 1 amide bonds. The van der Waals surface area contributed by atoms with Crippen molar-refractivity contribution in [3.63, 3.8) is 0 Å². The van der Waals surface area contributed by atoms with Crippen LogP contribution in [0, 0.1) is 0 Å². The third-order valence-corrected chi connectivity index (χ3v) is 4.87. The SMILES string of the molecule is CCOc1ccc(-c2ccc(OCCNC(=O)COc3ccc(C(C)(C)C)cc3)nn2)cc1. The smallest absolute Gasteiger partial charge is 0.258 e. The first-order chi connectivity index (χ1) is 15.8. The maximum Gasteiger partial charge on any atom is 0.258 e. The van der Waals surface area contributed by atoms with Crippen LogP contribution in [0.15, 0.2) is 60.7 Å². The molecule has 2 aromatic carbocycles. The number of amides is 1. The van der Waals surface area contributed by atoms with E-state index in [1.165, 1.54) is 5.56 Å². The zero-order valence-electron chi connectivity index (χ0n) is 19.6. The summed E-state index contributed by atoms with van der Waals surface area (Å²) in [6.07, 6.45) is 0. The lowest BCUT2D eigenvalue weighted by Gasteiger charge is -2.19. The van der Waals surface area contributed by atoms with Crippen molar-refractivity contribution in [2.75, 3.05) is 26.4 Å². The van der Waals surface area contributed by atoms with E-state index >= 15 is 0 Å². The van der Waals surface area contributed by atoms with Gasteiger partial charge in [0.1, 0.15) is 18.1 Å². The number of nitrogens with one attached hydrogen (secondary N) is 1. The summed E-state index contributed by atoms with van der Waals surface area (Å²) in [4.78, 5) is 12.0. The minimum atomic E-state index is -0.213. The summed E-state index contributed by atoms with van der Waals surface area (Å²) < 4.78 is 16.5. The molecule has 3 rings (SSSR count). The van der Waals surface area contributed by atoms with Crippen molar-refractivity contribution in [1.29, 1.82) is 0 Å². The second kappa shape index (κ2) is 11.3. The average Bonchev–Trinajstić information content (AvgIpc) is 2.81. The molecular formula is C26H31N3O4. The van der Waals surface area contributed by atoms with Gasteiger partial charge in [0, 0.05) is 11.6 Å². The average molecular weight is 450 g/mol. The van der Waals surface area contributed by atoms with Crippen molar-refractivity contribution in [1.82, 2.24) is 15.5 Å². The van der Waals surface area contributed by atoms with Crippen LogP contribution in [0.1, 0.15) is 33.3 Å². The molecule has 0 saturated heterocycles. The van der Waals surface area contributed by atoms with Gasteiger partial charge < -0.3 is 19.5 Å². The first-order valence-electron chi connectivity index (χ1n) is 11.0. The molecule has 0 spiro atoms. The number of nitrogens with zero attached hydrogens (tertiary/aromatic N) is 2. The van der Waals surface area contributed by atoms with Crippen molar-refractivity contribution in [2.24, 2.45) is 0 Å². The Labute approximate surface area is 195 Å². The third kappa shape index (κ3) is 7.49. The van der Waals surface area contributed by atoms with Gasteiger partial charge in [0.25, 0.3) is 5.91 Å². The number of ether oxygens (including phenoxy) is 3. The maximum absolute atomic E-state index is 12.0. The molecule has 0 aliphatic heterocycles. The molecule has 0 fully saturated rings. The Morgan fingerprint density at radius 1 is 0.848 bits per heavy atom. The molecule has 33 heavy (non-hydrogen) atoms. The number of carbonyl (C=O) groups is 1. The molecule has 0 aliphatic carbocycles. The molecule has 7 nitrogen and oxygen atoms in total. The zero-order chi connectivity index (χ0) is 23.7. The number of aromatic nitrogens is 2. The molecule has 3 aromatic rings. The molecule has 7 heteroatoms. The van der Waals surface area contributed by atoms with Crippen LogP contribution < -0.4 is 19.5 Å². The van der Waals surface area contributed by atoms with Crippen LogP contribution >= 0.6 is 0 Å². The van der Waals surface area contributed by atoms with Crippen molar-refractivity contribution < 1.29 is 19.0 Å². The van der Waals surface area contributed by atoms with Crippen LogP contribution in [0.4, 0.5) is 0 Å². The highest BCUT2D eigenvalue weighted by molar-refractivity contribution is 5.77. The molecule has 0 radical (unpaired) electrons. The normalized spacial score (nSPS) is 11.0. The topological polar surface area (TPSA) is 82.6 Å². The van der Waals surface area contributed by atoms with Crippen LogP contribution in [0.25, 0.3) is 11.3 Å². The standard InChI is InChI=1S/C26H31N3O4/c1-5-31-21-10-6-19(7-11-21)23-14-15-25(29-28-23)32-17-16-27-24(30)18-33-22-12-8-20(9-13-22)26(2,3)4/h6-15H,5,16-18H2,1-4H3,(H,27,30). The lowest BCUT2D eigenvalue weighted by molar-refractivity contribution is -0.123. The molecule has 0 saturated carbocycles. The Hall–Kier alpha value is -3.61. The van der Waals surface area contributed by atoms with Crippen LogP contribution in [0.2, 0.25) is 0 Å². The highest BCUT2D eigenvalue weighted by Crippen LogP contribution is 2.24. The summed E-state index contributed by atoms with van der Waals surface area (Å²) in [6.45, 7) is 9.61. The summed E-state index contributed by atoms with van der Waals surface area (Å²) in [5.74, 6) is 1.67. The summed E-state index contributed by atoms with van der Waals surface area (Å²) in [5, 5.41) is 11.1. The largest absolute Gasteiger partial charge is 0.494 e. The van der Waals surface area contributed by atoms with E-state index in [0.29, 0.717) is 24.8 Å². The van der Waals surface area contributed by atoms with E-state index in [1.54, 1.807) is 6.07 Å². The predicted molar refractivity (Wildman–Crippen MR) is 128 cm³/mol. The van der Waals surface area contributed by atoms with Gasteiger partial charge in [0.2, 0.25) is 5.88 Å². The number of hydrogen-bond acceptors (Lipinski definition) is 6. The van der Waals surface area contributed by atoms with Crippen LogP contribution in [0.5, 0.6) is 17.4 Å². The van der Waals surface area contributed by atoms with Crippen molar-refractivity contribution in [3.05, 3.63) is 66.2 Å². The molecule has 1 aromatic heterocycles. The Morgan fingerprint density at radius 2 is 1.52 bits per heavy atom. The van der Waals surface area contributed by atoms with Crippen LogP contribution in [-0.2, 0) is 10.2 Å². The molecule has 0 bridgehead atoms. The summed E-state index contributed by atoms with van der Waals surface area (Å²) in [7, 11) is 0. The molecule has 174 valence electrons. The van der Waals surface area contributed by atoms with E-state index < -0.39 is 0 Å².